The molecule has 4 aromatic rings. The van der Waals surface area contributed by atoms with E-state index in [2.05, 4.69) is 10.5 Å². The fraction of sp³-hybridized carbons (Fsp3) is 0.194. The quantitative estimate of drug-likeness (QED) is 0.221. The molecule has 2 amide bonds. The van der Waals surface area contributed by atoms with Gasteiger partial charge >= 0.3 is 0 Å². The van der Waals surface area contributed by atoms with E-state index in [1.807, 2.05) is 78.2 Å². The Morgan fingerprint density at radius 3 is 2.27 bits per heavy atom. The second-order valence-corrected chi connectivity index (χ2v) is 11.2. The highest BCUT2D eigenvalue weighted by Gasteiger charge is 2.42. The Morgan fingerprint density at radius 2 is 1.65 bits per heavy atom. The maximum atomic E-state index is 14.2. The lowest BCUT2D eigenvalue weighted by atomic mass is 9.89. The second kappa shape index (κ2) is 13.1. The predicted molar refractivity (Wildman–Crippen MR) is 160 cm³/mol. The molecule has 3 aromatic carbocycles. The molecule has 40 heavy (non-hydrogen) atoms. The number of oxime groups is 1. The first kappa shape index (κ1) is 27.9. The summed E-state index contributed by atoms with van der Waals surface area (Å²) in [6.45, 7) is 0.864. The number of carbonyl (C=O) groups excluding carboxylic acids is 2. The van der Waals surface area contributed by atoms with Gasteiger partial charge in [-0.3, -0.25) is 9.59 Å². The van der Waals surface area contributed by atoms with Crippen LogP contribution in [0, 0.1) is 0 Å². The van der Waals surface area contributed by atoms with Gasteiger partial charge < -0.3 is 15.1 Å². The summed E-state index contributed by atoms with van der Waals surface area (Å²) in [5.41, 5.74) is 3.00. The number of thiophene rings is 1. The van der Waals surface area contributed by atoms with Crippen LogP contribution in [0.1, 0.15) is 33.9 Å². The monoisotopic (exact) mass is 591 g/mol. The summed E-state index contributed by atoms with van der Waals surface area (Å²) < 4.78 is 0. The number of amides is 2. The summed E-state index contributed by atoms with van der Waals surface area (Å²) in [6, 6.07) is 27.5. The highest BCUT2D eigenvalue weighted by Crippen LogP contribution is 2.30. The molecule has 1 aromatic heterocycles. The standard InChI is InChI=1S/C31H27Cl2N3O3S/c32-25-14-13-21(18-26(25)33)20-39-35-27-15-16-36(29(27)30(37)34-19-24-12-7-17-40-24)31(38)28(22-8-3-1-4-9-22)23-10-5-2-6-11-23/h1-14,17-18,28-29H,15-16,19-20H2,(H,34,37)/t29-/m0/s1. The molecule has 204 valence electrons. The van der Waals surface area contributed by atoms with E-state index >= 15 is 0 Å². The Balaban J connectivity index is 1.42. The minimum absolute atomic E-state index is 0.147. The van der Waals surface area contributed by atoms with Crippen LogP contribution in [0.25, 0.3) is 0 Å². The van der Waals surface area contributed by atoms with Gasteiger partial charge in [0.05, 0.1) is 28.2 Å². The van der Waals surface area contributed by atoms with E-state index in [-0.39, 0.29) is 18.4 Å². The maximum Gasteiger partial charge on any atom is 0.249 e. The molecule has 1 aliphatic rings. The van der Waals surface area contributed by atoms with E-state index in [4.69, 9.17) is 28.0 Å². The van der Waals surface area contributed by atoms with Crippen molar-refractivity contribution < 1.29 is 14.4 Å². The lowest BCUT2D eigenvalue weighted by Crippen LogP contribution is -2.50. The normalized spacial score (nSPS) is 15.9. The molecule has 1 N–H and O–H groups in total. The van der Waals surface area contributed by atoms with Gasteiger partial charge in [-0.25, -0.2) is 0 Å². The molecular weight excluding hydrogens is 565 g/mol. The van der Waals surface area contributed by atoms with Gasteiger partial charge in [0.2, 0.25) is 11.8 Å². The highest BCUT2D eigenvalue weighted by atomic mass is 35.5. The maximum absolute atomic E-state index is 14.2. The molecule has 1 fully saturated rings. The van der Waals surface area contributed by atoms with Crippen molar-refractivity contribution in [2.75, 3.05) is 6.54 Å². The van der Waals surface area contributed by atoms with Crippen LogP contribution >= 0.6 is 34.5 Å². The third-order valence-corrected chi connectivity index (χ3v) is 8.31. The van der Waals surface area contributed by atoms with E-state index in [1.54, 1.807) is 34.4 Å². The predicted octanol–water partition coefficient (Wildman–Crippen LogP) is 6.68. The summed E-state index contributed by atoms with van der Waals surface area (Å²) in [6.07, 6.45) is 0.417. The van der Waals surface area contributed by atoms with E-state index in [0.717, 1.165) is 21.6 Å². The number of nitrogens with zero attached hydrogens (tertiary/aromatic N) is 2. The first-order chi connectivity index (χ1) is 19.5. The number of likely N-dealkylation sites (tertiary alicyclic amines) is 1. The van der Waals surface area contributed by atoms with E-state index in [9.17, 15) is 9.59 Å². The average Bonchev–Trinajstić information content (AvgIpc) is 3.65. The zero-order chi connectivity index (χ0) is 27.9. The topological polar surface area (TPSA) is 71.0 Å². The van der Waals surface area contributed by atoms with Crippen LogP contribution in [0.3, 0.4) is 0 Å². The van der Waals surface area contributed by atoms with Crippen LogP contribution < -0.4 is 5.32 Å². The van der Waals surface area contributed by atoms with E-state index in [1.165, 1.54) is 0 Å². The minimum Gasteiger partial charge on any atom is -0.391 e. The molecule has 9 heteroatoms. The Hall–Kier alpha value is -3.65. The Morgan fingerprint density at radius 1 is 0.950 bits per heavy atom. The molecule has 5 rings (SSSR count). The molecule has 0 radical (unpaired) electrons. The molecule has 1 aliphatic heterocycles. The van der Waals surface area contributed by atoms with E-state index < -0.39 is 12.0 Å². The second-order valence-electron chi connectivity index (χ2n) is 9.34. The minimum atomic E-state index is -0.892. The van der Waals surface area contributed by atoms with Gasteiger partial charge in [0.25, 0.3) is 0 Å². The summed E-state index contributed by atoms with van der Waals surface area (Å²) in [5.74, 6) is -1.02. The molecular formula is C31H27Cl2N3O3S. The Kier molecular flexibility index (Phi) is 9.16. The van der Waals surface area contributed by atoms with Crippen LogP contribution in [0.15, 0.2) is 102 Å². The van der Waals surface area contributed by atoms with E-state index in [0.29, 0.717) is 35.3 Å². The number of hydrogen-bond donors (Lipinski definition) is 1. The number of carbonyl (C=O) groups is 2. The van der Waals surface area contributed by atoms with Gasteiger partial charge in [-0.15, -0.1) is 11.3 Å². The first-order valence-electron chi connectivity index (χ1n) is 12.8. The molecule has 0 bridgehead atoms. The smallest absolute Gasteiger partial charge is 0.249 e. The third kappa shape index (κ3) is 6.55. The number of nitrogens with one attached hydrogen (secondary N) is 1. The average molecular weight is 593 g/mol. The zero-order valence-electron chi connectivity index (χ0n) is 21.5. The van der Waals surface area contributed by atoms with Gasteiger partial charge in [0, 0.05) is 17.8 Å². The number of hydrogen-bond acceptors (Lipinski definition) is 5. The lowest BCUT2D eigenvalue weighted by molar-refractivity contribution is -0.137. The molecule has 0 saturated carbocycles. The largest absolute Gasteiger partial charge is 0.391 e. The summed E-state index contributed by atoms with van der Waals surface area (Å²) in [7, 11) is 0. The highest BCUT2D eigenvalue weighted by molar-refractivity contribution is 7.09. The van der Waals surface area contributed by atoms with Crippen LogP contribution in [0.2, 0.25) is 10.0 Å². The van der Waals surface area contributed by atoms with Crippen LogP contribution in [0.5, 0.6) is 0 Å². The fourth-order valence-electron chi connectivity index (χ4n) is 4.74. The Labute approximate surface area is 247 Å². The summed E-state index contributed by atoms with van der Waals surface area (Å²) in [5, 5.41) is 10.2. The lowest BCUT2D eigenvalue weighted by Gasteiger charge is -2.28. The molecule has 1 atom stereocenters. The van der Waals surface area contributed by atoms with Crippen molar-refractivity contribution in [3.63, 3.8) is 0 Å². The van der Waals surface area contributed by atoms with Crippen LogP contribution in [-0.2, 0) is 27.6 Å². The van der Waals surface area contributed by atoms with Gasteiger partial charge in [0.1, 0.15) is 6.61 Å². The van der Waals surface area contributed by atoms with Crippen molar-refractivity contribution in [1.29, 1.82) is 0 Å². The number of halogens is 2. The molecule has 1 saturated heterocycles. The van der Waals surface area contributed by atoms with Crippen molar-refractivity contribution in [3.8, 4) is 0 Å². The van der Waals surface area contributed by atoms with Crippen molar-refractivity contribution in [1.82, 2.24) is 10.2 Å². The molecule has 0 spiro atoms. The van der Waals surface area contributed by atoms with Crippen molar-refractivity contribution in [2.45, 2.75) is 31.5 Å². The molecule has 6 nitrogen and oxygen atoms in total. The molecule has 0 unspecified atom stereocenters. The van der Waals surface area contributed by atoms with Gasteiger partial charge in [-0.2, -0.15) is 0 Å². The Bertz CT molecular complexity index is 1440. The third-order valence-electron chi connectivity index (χ3n) is 6.69. The number of rotatable bonds is 9. The van der Waals surface area contributed by atoms with Crippen LogP contribution in [-0.4, -0.2) is 35.0 Å². The SMILES string of the molecule is O=C(NCc1cccs1)[C@@H]1C(=NOCc2ccc(Cl)c(Cl)c2)CCN1C(=O)C(c1ccccc1)c1ccccc1. The number of benzene rings is 3. The van der Waals surface area contributed by atoms with Crippen molar-refractivity contribution in [2.24, 2.45) is 5.16 Å². The molecule has 2 heterocycles. The van der Waals surface area contributed by atoms with Crippen molar-refractivity contribution in [3.05, 3.63) is 128 Å². The van der Waals surface area contributed by atoms with Gasteiger partial charge in [-0.1, -0.05) is 101 Å². The van der Waals surface area contributed by atoms with Crippen LogP contribution in [0.4, 0.5) is 0 Å². The fourth-order valence-corrected chi connectivity index (χ4v) is 5.71. The zero-order valence-corrected chi connectivity index (χ0v) is 23.8. The van der Waals surface area contributed by atoms with Gasteiger partial charge in [0.15, 0.2) is 6.04 Å². The molecule has 0 aliphatic carbocycles. The van der Waals surface area contributed by atoms with Crippen molar-refractivity contribution >= 4 is 52.1 Å². The summed E-state index contributed by atoms with van der Waals surface area (Å²) in [4.78, 5) is 36.1. The van der Waals surface area contributed by atoms with Gasteiger partial charge in [-0.05, 0) is 40.3 Å². The summed E-state index contributed by atoms with van der Waals surface area (Å²) >= 11 is 13.7. The first-order valence-corrected chi connectivity index (χ1v) is 14.5.